The fourth-order valence-corrected chi connectivity index (χ4v) is 5.11. The Balaban J connectivity index is 1.20. The molecule has 2 aromatic carbocycles. The number of carboxylic acids is 1. The highest BCUT2D eigenvalue weighted by atomic mass is 16.4. The van der Waals surface area contributed by atoms with E-state index in [4.69, 9.17) is 0 Å². The maximum Gasteiger partial charge on any atom is 0.307 e. The van der Waals surface area contributed by atoms with Crippen LogP contribution >= 0.6 is 0 Å². The molecule has 0 bridgehead atoms. The first kappa shape index (κ1) is 26.0. The van der Waals surface area contributed by atoms with Crippen LogP contribution in [0.5, 0.6) is 0 Å². The molecular formula is C30H31N5O4. The lowest BCUT2D eigenvalue weighted by atomic mass is 9.79. The first-order chi connectivity index (χ1) is 18.9. The standard InChI is InChI=1S/C30H31N5O4/c1-2-21(29(38)39)22-7-5-11-26-23(22)8-6-12-28(37)35(26)18-27(36)31-17-19-13-15-20(16-14-19)32-30-33-24-9-3-4-10-25(24)34-30/h3-5,7-11,13-16,21-22H,2,6,12,17-18H2,1H3,(H,31,36)(H,38,39)(H2,32,33,34). The number of H-pyrrole nitrogens is 1. The number of fused-ring (bicyclic) bond motifs is 2. The van der Waals surface area contributed by atoms with Crippen LogP contribution in [0.1, 0.15) is 31.7 Å². The van der Waals surface area contributed by atoms with Crippen molar-refractivity contribution in [2.24, 2.45) is 11.8 Å². The molecule has 2 aliphatic rings. The van der Waals surface area contributed by atoms with E-state index in [1.807, 2.05) is 67.6 Å². The Hall–Kier alpha value is -4.66. The van der Waals surface area contributed by atoms with Crippen molar-refractivity contribution < 1.29 is 19.5 Å². The van der Waals surface area contributed by atoms with Crippen LogP contribution in [0.2, 0.25) is 0 Å². The lowest BCUT2D eigenvalue weighted by Gasteiger charge is -2.32. The lowest BCUT2D eigenvalue weighted by Crippen LogP contribution is -2.41. The third-order valence-electron chi connectivity index (χ3n) is 7.13. The molecule has 1 aliphatic heterocycles. The van der Waals surface area contributed by atoms with Gasteiger partial charge in [0.2, 0.25) is 17.8 Å². The molecule has 0 spiro atoms. The van der Waals surface area contributed by atoms with E-state index in [1.165, 1.54) is 4.90 Å². The van der Waals surface area contributed by atoms with Crippen molar-refractivity contribution in [3.05, 3.63) is 89.7 Å². The minimum Gasteiger partial charge on any atom is -0.481 e. The van der Waals surface area contributed by atoms with E-state index in [-0.39, 0.29) is 30.7 Å². The average Bonchev–Trinajstić information content (AvgIpc) is 3.27. The number of nitrogens with one attached hydrogen (secondary N) is 3. The van der Waals surface area contributed by atoms with E-state index in [0.717, 1.165) is 27.9 Å². The molecule has 0 radical (unpaired) electrons. The molecule has 1 aliphatic carbocycles. The Labute approximate surface area is 226 Å². The first-order valence-corrected chi connectivity index (χ1v) is 13.1. The average molecular weight is 526 g/mol. The number of aromatic nitrogens is 2. The van der Waals surface area contributed by atoms with Gasteiger partial charge in [0.05, 0.1) is 17.0 Å². The number of hydrogen-bond donors (Lipinski definition) is 4. The van der Waals surface area contributed by atoms with Crippen LogP contribution in [0.25, 0.3) is 11.0 Å². The Morgan fingerprint density at radius 2 is 1.97 bits per heavy atom. The topological polar surface area (TPSA) is 127 Å². The number of nitrogens with zero attached hydrogens (tertiary/aromatic N) is 2. The highest BCUT2D eigenvalue weighted by Crippen LogP contribution is 2.37. The van der Waals surface area contributed by atoms with Crippen molar-refractivity contribution in [2.75, 3.05) is 11.9 Å². The minimum absolute atomic E-state index is 0.127. The first-order valence-electron chi connectivity index (χ1n) is 13.1. The number of imidazole rings is 1. The van der Waals surface area contributed by atoms with Gasteiger partial charge in [-0.2, -0.15) is 0 Å². The minimum atomic E-state index is -0.868. The molecule has 2 unspecified atom stereocenters. The maximum absolute atomic E-state index is 12.9. The number of hydrogen-bond acceptors (Lipinski definition) is 5. The monoisotopic (exact) mass is 525 g/mol. The Kier molecular flexibility index (Phi) is 7.58. The number of benzene rings is 2. The summed E-state index contributed by atoms with van der Waals surface area (Å²) < 4.78 is 0. The summed E-state index contributed by atoms with van der Waals surface area (Å²) in [5.74, 6) is -1.59. The molecule has 2 heterocycles. The summed E-state index contributed by atoms with van der Waals surface area (Å²) in [5, 5.41) is 15.9. The molecule has 39 heavy (non-hydrogen) atoms. The van der Waals surface area contributed by atoms with Gasteiger partial charge in [-0.3, -0.25) is 14.4 Å². The molecule has 5 rings (SSSR count). The van der Waals surface area contributed by atoms with E-state index in [9.17, 15) is 19.5 Å². The predicted molar refractivity (Wildman–Crippen MR) is 149 cm³/mol. The molecule has 0 fully saturated rings. The van der Waals surface area contributed by atoms with Crippen molar-refractivity contribution >= 4 is 40.5 Å². The van der Waals surface area contributed by atoms with E-state index in [0.29, 0.717) is 31.0 Å². The third-order valence-corrected chi connectivity index (χ3v) is 7.13. The molecule has 4 N–H and O–H groups in total. The predicted octanol–water partition coefficient (Wildman–Crippen LogP) is 4.65. The van der Waals surface area contributed by atoms with Gasteiger partial charge in [0.15, 0.2) is 0 Å². The lowest BCUT2D eigenvalue weighted by molar-refractivity contribution is -0.142. The van der Waals surface area contributed by atoms with Gasteiger partial charge >= 0.3 is 5.97 Å². The van der Waals surface area contributed by atoms with Gasteiger partial charge < -0.3 is 25.6 Å². The van der Waals surface area contributed by atoms with Crippen molar-refractivity contribution in [3.8, 4) is 0 Å². The van der Waals surface area contributed by atoms with E-state index in [2.05, 4.69) is 20.6 Å². The van der Waals surface area contributed by atoms with Crippen LogP contribution in [0.15, 0.2) is 84.1 Å². The second kappa shape index (κ2) is 11.4. The van der Waals surface area contributed by atoms with Gasteiger partial charge in [-0.05, 0) is 54.3 Å². The summed E-state index contributed by atoms with van der Waals surface area (Å²) in [6.07, 6.45) is 8.65. The molecule has 9 nitrogen and oxygen atoms in total. The second-order valence-electron chi connectivity index (χ2n) is 9.69. The van der Waals surface area contributed by atoms with Crippen molar-refractivity contribution in [2.45, 2.75) is 32.7 Å². The van der Waals surface area contributed by atoms with Gasteiger partial charge in [0.25, 0.3) is 0 Å². The molecule has 2 amide bonds. The van der Waals surface area contributed by atoms with E-state index < -0.39 is 11.9 Å². The number of aliphatic carboxylic acids is 1. The van der Waals surface area contributed by atoms with Crippen molar-refractivity contribution in [1.29, 1.82) is 0 Å². The van der Waals surface area contributed by atoms with Crippen LogP contribution in [0.4, 0.5) is 11.6 Å². The smallest absolute Gasteiger partial charge is 0.307 e. The fourth-order valence-electron chi connectivity index (χ4n) is 5.11. The Bertz CT molecular complexity index is 1450. The molecule has 200 valence electrons. The summed E-state index contributed by atoms with van der Waals surface area (Å²) in [4.78, 5) is 46.9. The zero-order chi connectivity index (χ0) is 27.4. The SMILES string of the molecule is CCC(C(=O)O)C1C=CC=C2C1=CCCC(=O)N2CC(=O)NCc1ccc(Nc2nc3ccccc3[nH]2)cc1. The van der Waals surface area contributed by atoms with Crippen molar-refractivity contribution in [3.63, 3.8) is 0 Å². The highest BCUT2D eigenvalue weighted by Gasteiger charge is 2.35. The number of carbonyl (C=O) groups is 3. The second-order valence-corrected chi connectivity index (χ2v) is 9.69. The zero-order valence-corrected chi connectivity index (χ0v) is 21.7. The summed E-state index contributed by atoms with van der Waals surface area (Å²) in [6.45, 7) is 2.03. The zero-order valence-electron chi connectivity index (χ0n) is 21.7. The maximum atomic E-state index is 12.9. The Morgan fingerprint density at radius 1 is 1.18 bits per heavy atom. The molecular weight excluding hydrogens is 494 g/mol. The summed E-state index contributed by atoms with van der Waals surface area (Å²) >= 11 is 0. The number of carbonyl (C=O) groups excluding carboxylic acids is 2. The normalized spacial score (nSPS) is 17.6. The number of amides is 2. The quantitative estimate of drug-likeness (QED) is 0.322. The number of rotatable bonds is 9. The molecule has 1 aromatic heterocycles. The van der Waals surface area contributed by atoms with Gasteiger partial charge in [-0.1, -0.05) is 49.4 Å². The third kappa shape index (κ3) is 5.77. The largest absolute Gasteiger partial charge is 0.481 e. The molecule has 3 aromatic rings. The summed E-state index contributed by atoms with van der Waals surface area (Å²) in [6, 6.07) is 15.5. The number of aromatic amines is 1. The van der Waals surface area contributed by atoms with E-state index >= 15 is 0 Å². The molecule has 2 atom stereocenters. The molecule has 0 saturated carbocycles. The van der Waals surface area contributed by atoms with Crippen LogP contribution in [-0.4, -0.2) is 44.3 Å². The van der Waals surface area contributed by atoms with Crippen molar-refractivity contribution in [1.82, 2.24) is 20.2 Å². The number of para-hydroxylation sites is 2. The number of anilines is 2. The van der Waals surface area contributed by atoms with Gasteiger partial charge in [-0.15, -0.1) is 0 Å². The van der Waals surface area contributed by atoms with Gasteiger partial charge in [0, 0.05) is 30.3 Å². The van der Waals surface area contributed by atoms with Crippen LogP contribution in [-0.2, 0) is 20.9 Å². The van der Waals surface area contributed by atoms with Crippen LogP contribution in [0, 0.1) is 11.8 Å². The van der Waals surface area contributed by atoms with E-state index in [1.54, 1.807) is 12.2 Å². The number of carboxylic acid groups (broad SMARTS) is 1. The van der Waals surface area contributed by atoms with Crippen LogP contribution in [0.3, 0.4) is 0 Å². The van der Waals surface area contributed by atoms with Crippen LogP contribution < -0.4 is 10.6 Å². The number of allylic oxidation sites excluding steroid dienone is 5. The summed E-state index contributed by atoms with van der Waals surface area (Å²) in [7, 11) is 0. The fraction of sp³-hybridized carbons (Fsp3) is 0.267. The van der Waals surface area contributed by atoms with Gasteiger partial charge in [0.1, 0.15) is 6.54 Å². The summed E-state index contributed by atoms with van der Waals surface area (Å²) in [5.41, 5.74) is 5.02. The Morgan fingerprint density at radius 3 is 2.72 bits per heavy atom. The highest BCUT2D eigenvalue weighted by molar-refractivity contribution is 5.87. The molecule has 0 saturated heterocycles. The van der Waals surface area contributed by atoms with Gasteiger partial charge in [-0.25, -0.2) is 4.98 Å². The molecule has 9 heteroatoms.